The highest BCUT2D eigenvalue weighted by Gasteiger charge is 1.98. The van der Waals surface area contributed by atoms with Gasteiger partial charge in [-0.15, -0.1) is 0 Å². The number of ether oxygens (including phenoxy) is 1. The monoisotopic (exact) mass is 283 g/mol. The van der Waals surface area contributed by atoms with Crippen molar-refractivity contribution in [2.75, 3.05) is 19.0 Å². The lowest BCUT2D eigenvalue weighted by Gasteiger charge is -2.04. The van der Waals surface area contributed by atoms with E-state index in [1.165, 1.54) is 0 Å². The highest BCUT2D eigenvalue weighted by molar-refractivity contribution is 5.84. The Hall–Kier alpha value is -2.82. The molecule has 2 aromatic rings. The maximum absolute atomic E-state index is 11.6. The van der Waals surface area contributed by atoms with Crippen LogP contribution < -0.4 is 15.5 Å². The molecule has 0 radical (unpaired) electrons. The molecule has 0 saturated heterocycles. The van der Waals surface area contributed by atoms with E-state index in [0.717, 1.165) is 17.0 Å². The third-order valence-electron chi connectivity index (χ3n) is 2.72. The molecule has 21 heavy (non-hydrogen) atoms. The maximum atomic E-state index is 11.6. The van der Waals surface area contributed by atoms with Crippen LogP contribution in [0.4, 0.5) is 5.69 Å². The number of methoxy groups -OCH3 is 1. The number of hydrogen-bond donors (Lipinski definition) is 2. The highest BCUT2D eigenvalue weighted by atomic mass is 16.5. The van der Waals surface area contributed by atoms with Crippen LogP contribution in [0.3, 0.4) is 0 Å². The molecule has 0 atom stereocenters. The van der Waals surface area contributed by atoms with Gasteiger partial charge in [-0.2, -0.15) is 5.10 Å². The number of carbonyl (C=O) groups excluding carboxylic acids is 1. The third kappa shape index (κ3) is 4.99. The largest absolute Gasteiger partial charge is 0.497 e. The maximum Gasteiger partial charge on any atom is 0.259 e. The molecular formula is C16H17N3O2. The number of benzene rings is 2. The Morgan fingerprint density at radius 1 is 1.19 bits per heavy atom. The van der Waals surface area contributed by atoms with Crippen molar-refractivity contribution in [1.29, 1.82) is 0 Å². The van der Waals surface area contributed by atoms with Crippen LogP contribution in [-0.2, 0) is 4.79 Å². The van der Waals surface area contributed by atoms with Gasteiger partial charge in [0.05, 0.1) is 19.9 Å². The minimum absolute atomic E-state index is 0.166. The second-order valence-corrected chi connectivity index (χ2v) is 4.29. The van der Waals surface area contributed by atoms with Crippen molar-refractivity contribution in [3.8, 4) is 5.75 Å². The average molecular weight is 283 g/mol. The molecule has 5 heteroatoms. The topological polar surface area (TPSA) is 62.7 Å². The molecule has 2 N–H and O–H groups in total. The summed E-state index contributed by atoms with van der Waals surface area (Å²) in [4.78, 5) is 11.6. The van der Waals surface area contributed by atoms with Crippen LogP contribution in [0.25, 0.3) is 0 Å². The van der Waals surface area contributed by atoms with E-state index in [4.69, 9.17) is 4.74 Å². The van der Waals surface area contributed by atoms with Crippen LogP contribution in [0, 0.1) is 0 Å². The van der Waals surface area contributed by atoms with Crippen LogP contribution in [-0.4, -0.2) is 25.8 Å². The summed E-state index contributed by atoms with van der Waals surface area (Å²) in [5, 5.41) is 6.91. The van der Waals surface area contributed by atoms with E-state index in [1.54, 1.807) is 13.3 Å². The number of nitrogens with zero attached hydrogens (tertiary/aromatic N) is 1. The molecule has 0 aliphatic rings. The van der Waals surface area contributed by atoms with E-state index < -0.39 is 0 Å². The van der Waals surface area contributed by atoms with E-state index in [0.29, 0.717) is 0 Å². The summed E-state index contributed by atoms with van der Waals surface area (Å²) >= 11 is 0. The lowest BCUT2D eigenvalue weighted by molar-refractivity contribution is -0.119. The van der Waals surface area contributed by atoms with Crippen molar-refractivity contribution < 1.29 is 9.53 Å². The van der Waals surface area contributed by atoms with Crippen molar-refractivity contribution >= 4 is 17.8 Å². The Bertz CT molecular complexity index is 612. The van der Waals surface area contributed by atoms with Gasteiger partial charge in [0, 0.05) is 5.69 Å². The van der Waals surface area contributed by atoms with Crippen LogP contribution >= 0.6 is 0 Å². The molecule has 0 unspecified atom stereocenters. The number of hydrogen-bond acceptors (Lipinski definition) is 4. The highest BCUT2D eigenvalue weighted by Crippen LogP contribution is 2.10. The van der Waals surface area contributed by atoms with Crippen molar-refractivity contribution in [2.24, 2.45) is 5.10 Å². The van der Waals surface area contributed by atoms with Crippen LogP contribution in [0.1, 0.15) is 5.56 Å². The average Bonchev–Trinajstić information content (AvgIpc) is 2.54. The summed E-state index contributed by atoms with van der Waals surface area (Å²) in [6.45, 7) is 0.166. The fourth-order valence-electron chi connectivity index (χ4n) is 1.68. The lowest BCUT2D eigenvalue weighted by Crippen LogP contribution is -2.25. The second-order valence-electron chi connectivity index (χ2n) is 4.29. The van der Waals surface area contributed by atoms with Gasteiger partial charge in [-0.1, -0.05) is 30.3 Å². The first-order chi connectivity index (χ1) is 10.3. The van der Waals surface area contributed by atoms with E-state index in [-0.39, 0.29) is 12.5 Å². The van der Waals surface area contributed by atoms with Gasteiger partial charge in [-0.3, -0.25) is 4.79 Å². The number of carbonyl (C=O) groups is 1. The first-order valence-corrected chi connectivity index (χ1v) is 6.53. The Balaban J connectivity index is 1.79. The fraction of sp³-hybridized carbons (Fsp3) is 0.125. The lowest BCUT2D eigenvalue weighted by atomic mass is 10.2. The Labute approximate surface area is 123 Å². The van der Waals surface area contributed by atoms with Gasteiger partial charge in [-0.25, -0.2) is 5.43 Å². The number of amides is 1. The van der Waals surface area contributed by atoms with Crippen molar-refractivity contribution in [3.63, 3.8) is 0 Å². The minimum Gasteiger partial charge on any atom is -0.497 e. The van der Waals surface area contributed by atoms with E-state index in [1.807, 2.05) is 54.6 Å². The second kappa shape index (κ2) is 7.69. The summed E-state index contributed by atoms with van der Waals surface area (Å²) in [6, 6.07) is 16.9. The zero-order chi connectivity index (χ0) is 14.9. The summed E-state index contributed by atoms with van der Waals surface area (Å²) in [5.41, 5.74) is 4.21. The predicted octanol–water partition coefficient (Wildman–Crippen LogP) is 2.26. The minimum atomic E-state index is -0.210. The van der Waals surface area contributed by atoms with E-state index >= 15 is 0 Å². The zero-order valence-electron chi connectivity index (χ0n) is 11.7. The fourth-order valence-corrected chi connectivity index (χ4v) is 1.68. The molecule has 2 rings (SSSR count). The Morgan fingerprint density at radius 3 is 2.76 bits per heavy atom. The number of nitrogens with one attached hydrogen (secondary N) is 2. The molecule has 0 aromatic heterocycles. The van der Waals surface area contributed by atoms with Gasteiger partial charge in [-0.05, 0) is 29.8 Å². The van der Waals surface area contributed by atoms with Gasteiger partial charge in [0.25, 0.3) is 5.91 Å². The molecule has 2 aromatic carbocycles. The quantitative estimate of drug-likeness (QED) is 0.631. The first kappa shape index (κ1) is 14.6. The van der Waals surface area contributed by atoms with E-state index in [2.05, 4.69) is 15.8 Å². The molecule has 5 nitrogen and oxygen atoms in total. The summed E-state index contributed by atoms with van der Waals surface area (Å²) in [7, 11) is 1.60. The van der Waals surface area contributed by atoms with Gasteiger partial charge >= 0.3 is 0 Å². The third-order valence-corrected chi connectivity index (χ3v) is 2.72. The molecule has 0 aliphatic heterocycles. The molecular weight excluding hydrogens is 266 g/mol. The number of para-hydroxylation sites is 1. The zero-order valence-corrected chi connectivity index (χ0v) is 11.7. The summed E-state index contributed by atoms with van der Waals surface area (Å²) in [6.07, 6.45) is 1.57. The SMILES string of the molecule is COc1cccc(C=NNC(=O)CNc2ccccc2)c1. The van der Waals surface area contributed by atoms with Crippen LogP contribution in [0.5, 0.6) is 5.75 Å². The molecule has 0 spiro atoms. The predicted molar refractivity (Wildman–Crippen MR) is 83.7 cm³/mol. The van der Waals surface area contributed by atoms with Crippen molar-refractivity contribution in [2.45, 2.75) is 0 Å². The number of hydrazone groups is 1. The number of anilines is 1. The number of rotatable bonds is 6. The van der Waals surface area contributed by atoms with Crippen LogP contribution in [0.2, 0.25) is 0 Å². The molecule has 0 heterocycles. The summed E-state index contributed by atoms with van der Waals surface area (Å²) < 4.78 is 5.11. The summed E-state index contributed by atoms with van der Waals surface area (Å²) in [5.74, 6) is 0.536. The molecule has 0 saturated carbocycles. The van der Waals surface area contributed by atoms with Crippen molar-refractivity contribution in [1.82, 2.24) is 5.43 Å². The van der Waals surface area contributed by atoms with Crippen LogP contribution in [0.15, 0.2) is 59.7 Å². The first-order valence-electron chi connectivity index (χ1n) is 6.53. The molecule has 1 amide bonds. The van der Waals surface area contributed by atoms with Crippen molar-refractivity contribution in [3.05, 3.63) is 60.2 Å². The molecule has 0 bridgehead atoms. The molecule has 0 fully saturated rings. The smallest absolute Gasteiger partial charge is 0.259 e. The normalized spacial score (nSPS) is 10.3. The standard InChI is InChI=1S/C16H17N3O2/c1-21-15-9-5-6-13(10-15)11-18-19-16(20)12-17-14-7-3-2-4-8-14/h2-11,17H,12H2,1H3,(H,19,20). The van der Waals surface area contributed by atoms with Gasteiger partial charge in [0.15, 0.2) is 0 Å². The van der Waals surface area contributed by atoms with Gasteiger partial charge in [0.2, 0.25) is 0 Å². The van der Waals surface area contributed by atoms with Gasteiger partial charge < -0.3 is 10.1 Å². The van der Waals surface area contributed by atoms with Gasteiger partial charge in [0.1, 0.15) is 5.75 Å². The Kier molecular flexibility index (Phi) is 5.34. The Morgan fingerprint density at radius 2 is 2.00 bits per heavy atom. The van der Waals surface area contributed by atoms with E-state index in [9.17, 15) is 4.79 Å². The molecule has 0 aliphatic carbocycles. The molecule has 108 valence electrons.